The third kappa shape index (κ3) is 7.62. The van der Waals surface area contributed by atoms with Gasteiger partial charge >= 0.3 is 0 Å². The van der Waals surface area contributed by atoms with Crippen LogP contribution in [0.4, 0.5) is 0 Å². The van der Waals surface area contributed by atoms with E-state index in [4.69, 9.17) is 10.5 Å². The Labute approximate surface area is 87.5 Å². The fourth-order valence-corrected chi connectivity index (χ4v) is 1.97. The van der Waals surface area contributed by atoms with Crippen molar-refractivity contribution in [2.45, 2.75) is 58.3 Å². The van der Waals surface area contributed by atoms with E-state index in [9.17, 15) is 0 Å². The Morgan fingerprint density at radius 1 is 1.07 bits per heavy atom. The third-order valence-corrected chi connectivity index (χ3v) is 2.74. The predicted octanol–water partition coefficient (Wildman–Crippen LogP) is 3.79. The summed E-state index contributed by atoms with van der Waals surface area (Å²) in [5, 5.41) is 14.5. The van der Waals surface area contributed by atoms with Crippen molar-refractivity contribution < 1.29 is 0 Å². The van der Waals surface area contributed by atoms with Gasteiger partial charge in [0, 0.05) is 0 Å². The maximum atomic E-state index is 7.26. The molecule has 0 bridgehead atoms. The molecule has 1 aliphatic rings. The lowest BCUT2D eigenvalue weighted by Gasteiger charge is -2.20. The molecule has 0 aromatic carbocycles. The topological polar surface area (TPSA) is 47.6 Å². The van der Waals surface area contributed by atoms with E-state index >= 15 is 0 Å². The highest BCUT2D eigenvalue weighted by Gasteiger charge is 2.11. The van der Waals surface area contributed by atoms with Crippen molar-refractivity contribution in [3.05, 3.63) is 0 Å². The van der Waals surface area contributed by atoms with Crippen LogP contribution in [0.15, 0.2) is 0 Å². The lowest BCUT2D eigenvalue weighted by molar-refractivity contribution is 0.331. The molecule has 0 aliphatic heterocycles. The van der Waals surface area contributed by atoms with Gasteiger partial charge in [-0.15, -0.1) is 0 Å². The Balaban J connectivity index is 0.000000364. The normalized spacial score (nSPS) is 15.9. The molecule has 0 saturated heterocycles. The summed E-state index contributed by atoms with van der Waals surface area (Å²) in [7, 11) is 0. The van der Waals surface area contributed by atoms with Crippen molar-refractivity contribution in [3.63, 3.8) is 0 Å². The molecule has 0 amide bonds. The highest BCUT2D eigenvalue weighted by Crippen LogP contribution is 2.27. The van der Waals surface area contributed by atoms with Gasteiger partial charge in [0.25, 0.3) is 0 Å². The van der Waals surface area contributed by atoms with Gasteiger partial charge in [-0.25, -0.2) is 0 Å². The summed E-state index contributed by atoms with van der Waals surface area (Å²) in [5.41, 5.74) is 0. The van der Waals surface area contributed by atoms with Crippen LogP contribution in [-0.2, 0) is 0 Å². The summed E-state index contributed by atoms with van der Waals surface area (Å²) in [5.74, 6) is 1.11. The molecule has 78 valence electrons. The number of nitriles is 2. The second kappa shape index (κ2) is 10.1. The molecule has 0 aromatic heterocycles. The van der Waals surface area contributed by atoms with E-state index in [1.165, 1.54) is 63.5 Å². The van der Waals surface area contributed by atoms with Crippen LogP contribution in [0.2, 0.25) is 0 Å². The van der Waals surface area contributed by atoms with E-state index in [-0.39, 0.29) is 0 Å². The van der Waals surface area contributed by atoms with Gasteiger partial charge < -0.3 is 0 Å². The summed E-state index contributed by atoms with van der Waals surface area (Å²) in [6.45, 7) is 2.29. The maximum Gasteiger partial charge on any atom is 0.181 e. The first-order chi connectivity index (χ1) is 6.85. The third-order valence-electron chi connectivity index (χ3n) is 2.74. The molecule has 2 heteroatoms. The molecule has 0 N–H and O–H groups in total. The maximum absolute atomic E-state index is 7.26. The highest BCUT2D eigenvalue weighted by molar-refractivity contribution is 4.99. The van der Waals surface area contributed by atoms with E-state index in [2.05, 4.69) is 6.92 Å². The minimum atomic E-state index is 1.11. The first-order valence-corrected chi connectivity index (χ1v) is 5.63. The molecule has 0 radical (unpaired) electrons. The van der Waals surface area contributed by atoms with Gasteiger partial charge in [0.2, 0.25) is 0 Å². The second-order valence-corrected chi connectivity index (χ2v) is 3.87. The number of unbranched alkanes of at least 4 members (excludes halogenated alkanes) is 1. The monoisotopic (exact) mass is 192 g/mol. The van der Waals surface area contributed by atoms with Crippen LogP contribution in [0.1, 0.15) is 58.3 Å². The minimum Gasteiger partial charge on any atom is -0.181 e. The Bertz CT molecular complexity index is 179. The lowest BCUT2D eigenvalue weighted by Crippen LogP contribution is -2.05. The summed E-state index contributed by atoms with van der Waals surface area (Å²) < 4.78 is 0. The highest BCUT2D eigenvalue weighted by atomic mass is 14.3. The molecule has 1 aliphatic carbocycles. The zero-order valence-electron chi connectivity index (χ0n) is 9.13. The van der Waals surface area contributed by atoms with E-state index in [1.807, 2.05) is 0 Å². The van der Waals surface area contributed by atoms with Crippen molar-refractivity contribution in [2.24, 2.45) is 5.92 Å². The van der Waals surface area contributed by atoms with Crippen LogP contribution in [-0.4, -0.2) is 0 Å². The molecular weight excluding hydrogens is 172 g/mol. The number of hydrogen-bond acceptors (Lipinski definition) is 2. The Morgan fingerprint density at radius 2 is 1.64 bits per heavy atom. The van der Waals surface area contributed by atoms with Crippen molar-refractivity contribution in [1.82, 2.24) is 0 Å². The van der Waals surface area contributed by atoms with Gasteiger partial charge in [-0.1, -0.05) is 58.3 Å². The molecule has 0 aromatic rings. The van der Waals surface area contributed by atoms with Gasteiger partial charge in [0.05, 0.1) is 0 Å². The average molecular weight is 192 g/mol. The van der Waals surface area contributed by atoms with Crippen molar-refractivity contribution in [3.8, 4) is 12.1 Å². The average Bonchev–Trinajstić information content (AvgIpc) is 2.28. The largest absolute Gasteiger partial charge is 0.181 e. The molecule has 0 spiro atoms. The fourth-order valence-electron chi connectivity index (χ4n) is 1.97. The molecule has 0 unspecified atom stereocenters. The van der Waals surface area contributed by atoms with Crippen LogP contribution in [0, 0.1) is 28.6 Å². The number of hydrogen-bond donors (Lipinski definition) is 0. The first kappa shape index (κ1) is 13.0. The van der Waals surface area contributed by atoms with Gasteiger partial charge in [0.15, 0.2) is 12.1 Å². The quantitative estimate of drug-likeness (QED) is 0.683. The SMILES string of the molecule is CCCCC1CCCCC1.N#CC#N. The predicted molar refractivity (Wildman–Crippen MR) is 57.3 cm³/mol. The summed E-state index contributed by atoms with van der Waals surface area (Å²) >= 11 is 0. The van der Waals surface area contributed by atoms with Gasteiger partial charge in [0.1, 0.15) is 0 Å². The van der Waals surface area contributed by atoms with E-state index < -0.39 is 0 Å². The standard InChI is InChI=1S/C10H20.C2N2/c1-2-3-7-10-8-5-4-6-9-10;3-1-2-4/h10H,2-9H2,1H3;. The fraction of sp³-hybridized carbons (Fsp3) is 0.833. The van der Waals surface area contributed by atoms with Gasteiger partial charge in [-0.3, -0.25) is 0 Å². The zero-order chi connectivity index (χ0) is 10.6. The number of rotatable bonds is 3. The lowest BCUT2D eigenvalue weighted by atomic mass is 9.86. The van der Waals surface area contributed by atoms with Crippen LogP contribution in [0.25, 0.3) is 0 Å². The second-order valence-electron chi connectivity index (χ2n) is 3.87. The molecular formula is C12H20N2. The van der Waals surface area contributed by atoms with Crippen molar-refractivity contribution in [1.29, 1.82) is 10.5 Å². The summed E-state index contributed by atoms with van der Waals surface area (Å²) in [4.78, 5) is 0. The van der Waals surface area contributed by atoms with Gasteiger partial charge in [-0.2, -0.15) is 10.5 Å². The molecule has 2 nitrogen and oxygen atoms in total. The molecule has 0 heterocycles. The molecule has 1 saturated carbocycles. The zero-order valence-corrected chi connectivity index (χ0v) is 9.13. The summed E-state index contributed by atoms with van der Waals surface area (Å²) in [6, 6.07) is 2.47. The molecule has 1 fully saturated rings. The Kier molecular flexibility index (Phi) is 9.33. The van der Waals surface area contributed by atoms with E-state index in [0.717, 1.165) is 5.92 Å². The van der Waals surface area contributed by atoms with Crippen LogP contribution >= 0.6 is 0 Å². The van der Waals surface area contributed by atoms with E-state index in [0.29, 0.717) is 0 Å². The van der Waals surface area contributed by atoms with Crippen LogP contribution in [0.5, 0.6) is 0 Å². The Hall–Kier alpha value is -1.02. The molecule has 14 heavy (non-hydrogen) atoms. The summed E-state index contributed by atoms with van der Waals surface area (Å²) in [6.07, 6.45) is 11.9. The van der Waals surface area contributed by atoms with Crippen LogP contribution < -0.4 is 0 Å². The van der Waals surface area contributed by atoms with Crippen molar-refractivity contribution in [2.75, 3.05) is 0 Å². The van der Waals surface area contributed by atoms with Crippen molar-refractivity contribution >= 4 is 0 Å². The molecule has 1 rings (SSSR count). The molecule has 0 atom stereocenters. The van der Waals surface area contributed by atoms with E-state index in [1.54, 1.807) is 0 Å². The van der Waals surface area contributed by atoms with Crippen LogP contribution in [0.3, 0.4) is 0 Å². The number of nitrogens with zero attached hydrogens (tertiary/aromatic N) is 2. The smallest absolute Gasteiger partial charge is 0.181 e. The minimum absolute atomic E-state index is 1.11. The Morgan fingerprint density at radius 3 is 2.07 bits per heavy atom. The van der Waals surface area contributed by atoms with Gasteiger partial charge in [-0.05, 0) is 5.92 Å². The first-order valence-electron chi connectivity index (χ1n) is 5.63.